The number of ketones is 1. The Morgan fingerprint density at radius 1 is 1.19 bits per heavy atom. The molecule has 6 heteroatoms. The van der Waals surface area contributed by atoms with Crippen molar-refractivity contribution in [3.63, 3.8) is 0 Å². The normalized spacial score (nSPS) is 16.4. The molecule has 0 aliphatic carbocycles. The molecule has 27 heavy (non-hydrogen) atoms. The third kappa shape index (κ3) is 3.15. The minimum absolute atomic E-state index is 0.0806. The van der Waals surface area contributed by atoms with Gasteiger partial charge in [0.25, 0.3) is 5.91 Å². The summed E-state index contributed by atoms with van der Waals surface area (Å²) in [6, 6.07) is 14.7. The van der Waals surface area contributed by atoms with Gasteiger partial charge in [0.1, 0.15) is 5.75 Å². The van der Waals surface area contributed by atoms with E-state index in [1.807, 2.05) is 6.07 Å². The molecule has 0 spiro atoms. The maximum Gasteiger partial charge on any atom is 0.294 e. The fourth-order valence-electron chi connectivity index (χ4n) is 3.14. The van der Waals surface area contributed by atoms with Crippen LogP contribution in [0.25, 0.3) is 0 Å². The van der Waals surface area contributed by atoms with Crippen LogP contribution < -0.4 is 9.64 Å². The minimum atomic E-state index is -0.746. The number of anilines is 1. The van der Waals surface area contributed by atoms with Crippen molar-refractivity contribution in [3.8, 4) is 11.8 Å². The standard InChI is InChI=1S/C21H18N2O4/c1-3-17(24)18-19(14-6-10-16(27-2)11-7-14)23(21(26)20(18)25)15-8-4-13(12-22)5-9-15/h4-11,19,25H,3H2,1-2H3. The monoisotopic (exact) mass is 362 g/mol. The van der Waals surface area contributed by atoms with Gasteiger partial charge in [-0.3, -0.25) is 14.5 Å². The molecule has 0 bridgehead atoms. The predicted molar refractivity (Wildman–Crippen MR) is 99.3 cm³/mol. The van der Waals surface area contributed by atoms with E-state index >= 15 is 0 Å². The number of aliphatic hydroxyl groups is 1. The third-order valence-corrected chi connectivity index (χ3v) is 4.54. The van der Waals surface area contributed by atoms with Gasteiger partial charge in [-0.1, -0.05) is 19.1 Å². The van der Waals surface area contributed by atoms with E-state index in [1.165, 1.54) is 4.90 Å². The minimum Gasteiger partial charge on any atom is -0.503 e. The lowest BCUT2D eigenvalue weighted by molar-refractivity contribution is -0.118. The lowest BCUT2D eigenvalue weighted by atomic mass is 9.94. The van der Waals surface area contributed by atoms with E-state index in [1.54, 1.807) is 62.6 Å². The quantitative estimate of drug-likeness (QED) is 0.880. The molecular weight excluding hydrogens is 344 g/mol. The molecule has 1 heterocycles. The fraction of sp³-hybridized carbons (Fsp3) is 0.190. The second kappa shape index (κ2) is 7.34. The zero-order chi connectivity index (χ0) is 19.6. The van der Waals surface area contributed by atoms with Gasteiger partial charge in [0, 0.05) is 12.1 Å². The average Bonchev–Trinajstić information content (AvgIpc) is 2.98. The van der Waals surface area contributed by atoms with E-state index in [9.17, 15) is 14.7 Å². The first-order chi connectivity index (χ1) is 13.0. The number of nitrogens with zero attached hydrogens (tertiary/aromatic N) is 2. The van der Waals surface area contributed by atoms with Gasteiger partial charge < -0.3 is 9.84 Å². The molecule has 3 rings (SSSR count). The molecule has 1 unspecified atom stereocenters. The number of amides is 1. The van der Waals surface area contributed by atoms with Crippen LogP contribution in [0.1, 0.15) is 30.5 Å². The van der Waals surface area contributed by atoms with E-state index < -0.39 is 17.7 Å². The number of hydrogen-bond donors (Lipinski definition) is 1. The van der Waals surface area contributed by atoms with Crippen molar-refractivity contribution >= 4 is 17.4 Å². The van der Waals surface area contributed by atoms with E-state index in [-0.39, 0.29) is 17.8 Å². The summed E-state index contributed by atoms with van der Waals surface area (Å²) in [6.07, 6.45) is 0.167. The SMILES string of the molecule is CCC(=O)C1=C(O)C(=O)N(c2ccc(C#N)cc2)C1c1ccc(OC)cc1. The van der Waals surface area contributed by atoms with Gasteiger partial charge in [-0.05, 0) is 42.0 Å². The molecule has 0 saturated carbocycles. The highest BCUT2D eigenvalue weighted by Crippen LogP contribution is 2.41. The Morgan fingerprint density at radius 3 is 2.33 bits per heavy atom. The van der Waals surface area contributed by atoms with Crippen molar-refractivity contribution in [3.05, 3.63) is 71.0 Å². The molecule has 1 N–H and O–H groups in total. The number of carbonyl (C=O) groups is 2. The Hall–Kier alpha value is -3.59. The molecule has 2 aromatic carbocycles. The van der Waals surface area contributed by atoms with Crippen molar-refractivity contribution in [2.75, 3.05) is 12.0 Å². The van der Waals surface area contributed by atoms with Crippen LogP contribution in [0.5, 0.6) is 5.75 Å². The summed E-state index contributed by atoms with van der Waals surface area (Å²) >= 11 is 0. The molecule has 1 aliphatic heterocycles. The summed E-state index contributed by atoms with van der Waals surface area (Å²) < 4.78 is 5.17. The molecule has 0 aromatic heterocycles. The van der Waals surface area contributed by atoms with Crippen LogP contribution in [0.15, 0.2) is 59.9 Å². The Balaban J connectivity index is 2.13. The smallest absolute Gasteiger partial charge is 0.294 e. The van der Waals surface area contributed by atoms with Crippen molar-refractivity contribution in [2.45, 2.75) is 19.4 Å². The molecule has 1 atom stereocenters. The number of ether oxygens (including phenoxy) is 1. The molecule has 0 saturated heterocycles. The second-order valence-electron chi connectivity index (χ2n) is 6.05. The highest BCUT2D eigenvalue weighted by Gasteiger charge is 2.43. The first-order valence-electron chi connectivity index (χ1n) is 8.45. The topological polar surface area (TPSA) is 90.6 Å². The van der Waals surface area contributed by atoms with Gasteiger partial charge in [0.2, 0.25) is 0 Å². The number of aliphatic hydroxyl groups excluding tert-OH is 1. The Kier molecular flexibility index (Phi) is 4.95. The first kappa shape index (κ1) is 18.2. The maximum atomic E-state index is 12.8. The first-order valence-corrected chi connectivity index (χ1v) is 8.45. The van der Waals surface area contributed by atoms with Crippen LogP contribution in [-0.2, 0) is 9.59 Å². The van der Waals surface area contributed by atoms with Gasteiger partial charge in [0.05, 0.1) is 30.4 Å². The number of benzene rings is 2. The lowest BCUT2D eigenvalue weighted by Crippen LogP contribution is -2.31. The van der Waals surface area contributed by atoms with Crippen molar-refractivity contribution < 1.29 is 19.4 Å². The van der Waals surface area contributed by atoms with Crippen molar-refractivity contribution in [1.29, 1.82) is 5.26 Å². The number of nitriles is 1. The number of rotatable bonds is 5. The van der Waals surface area contributed by atoms with Gasteiger partial charge >= 0.3 is 0 Å². The van der Waals surface area contributed by atoms with E-state index in [0.717, 1.165) is 0 Å². The highest BCUT2D eigenvalue weighted by atomic mass is 16.5. The summed E-state index contributed by atoms with van der Waals surface area (Å²) in [5.74, 6) is -0.827. The number of carbonyl (C=O) groups excluding carboxylic acids is 2. The predicted octanol–water partition coefficient (Wildman–Crippen LogP) is 3.45. The van der Waals surface area contributed by atoms with E-state index in [4.69, 9.17) is 10.00 Å². The van der Waals surface area contributed by atoms with Crippen LogP contribution >= 0.6 is 0 Å². The molecule has 1 amide bonds. The van der Waals surface area contributed by atoms with E-state index in [2.05, 4.69) is 0 Å². The highest BCUT2D eigenvalue weighted by molar-refractivity contribution is 6.16. The average molecular weight is 362 g/mol. The van der Waals surface area contributed by atoms with Gasteiger partial charge in [-0.25, -0.2) is 0 Å². The number of methoxy groups -OCH3 is 1. The Bertz CT molecular complexity index is 953. The summed E-state index contributed by atoms with van der Waals surface area (Å²) in [7, 11) is 1.55. The van der Waals surface area contributed by atoms with Crippen LogP contribution in [-0.4, -0.2) is 23.9 Å². The van der Waals surface area contributed by atoms with Crippen LogP contribution in [0.2, 0.25) is 0 Å². The summed E-state index contributed by atoms with van der Waals surface area (Å²) in [5.41, 5.74) is 1.70. The number of hydrogen-bond acceptors (Lipinski definition) is 5. The molecule has 2 aromatic rings. The molecule has 6 nitrogen and oxygen atoms in total. The van der Waals surface area contributed by atoms with Gasteiger partial charge in [-0.15, -0.1) is 0 Å². The zero-order valence-corrected chi connectivity index (χ0v) is 15.0. The Morgan fingerprint density at radius 2 is 1.81 bits per heavy atom. The second-order valence-corrected chi connectivity index (χ2v) is 6.05. The maximum absolute atomic E-state index is 12.8. The van der Waals surface area contributed by atoms with Crippen LogP contribution in [0, 0.1) is 11.3 Å². The van der Waals surface area contributed by atoms with Crippen LogP contribution in [0.3, 0.4) is 0 Å². The lowest BCUT2D eigenvalue weighted by Gasteiger charge is -2.27. The van der Waals surface area contributed by atoms with E-state index in [0.29, 0.717) is 22.6 Å². The zero-order valence-electron chi connectivity index (χ0n) is 15.0. The largest absolute Gasteiger partial charge is 0.503 e. The van der Waals surface area contributed by atoms with Crippen molar-refractivity contribution in [1.82, 2.24) is 0 Å². The van der Waals surface area contributed by atoms with Gasteiger partial charge in [0.15, 0.2) is 11.5 Å². The number of Topliss-reactive ketones (excluding diaryl/α,β-unsaturated/α-hetero) is 1. The summed E-state index contributed by atoms with van der Waals surface area (Å²) in [6.45, 7) is 1.68. The molecule has 136 valence electrons. The molecule has 0 radical (unpaired) electrons. The van der Waals surface area contributed by atoms with Gasteiger partial charge in [-0.2, -0.15) is 5.26 Å². The van der Waals surface area contributed by atoms with Crippen molar-refractivity contribution in [2.24, 2.45) is 0 Å². The van der Waals surface area contributed by atoms with Crippen LogP contribution in [0.4, 0.5) is 5.69 Å². The fourth-order valence-corrected chi connectivity index (χ4v) is 3.14. The Labute approximate surface area is 156 Å². The molecule has 1 aliphatic rings. The molecule has 0 fully saturated rings. The third-order valence-electron chi connectivity index (χ3n) is 4.54. The summed E-state index contributed by atoms with van der Waals surface area (Å²) in [4.78, 5) is 26.6. The summed E-state index contributed by atoms with van der Waals surface area (Å²) in [5, 5.41) is 19.4. The molecular formula is C21H18N2O4.